The Morgan fingerprint density at radius 3 is 2.43 bits per heavy atom. The third-order valence-electron chi connectivity index (χ3n) is 3.03. The van der Waals surface area contributed by atoms with Crippen LogP contribution < -0.4 is 4.74 Å². The van der Waals surface area contributed by atoms with Crippen molar-refractivity contribution in [3.8, 4) is 5.75 Å². The van der Waals surface area contributed by atoms with Gasteiger partial charge in [-0.1, -0.05) is 42.1 Å². The maximum Gasteiger partial charge on any atom is 0.156 e. The number of rotatable bonds is 8. The molecule has 0 aliphatic heterocycles. The highest BCUT2D eigenvalue weighted by atomic mass is 35.5. The lowest BCUT2D eigenvalue weighted by atomic mass is 10.1. The number of halogens is 3. The summed E-state index contributed by atoms with van der Waals surface area (Å²) in [6, 6.07) is 5.38. The molecule has 21 heavy (non-hydrogen) atoms. The molecule has 116 valence electrons. The first-order chi connectivity index (χ1) is 9.77. The van der Waals surface area contributed by atoms with Gasteiger partial charge in [0.05, 0.1) is 16.7 Å². The maximum atomic E-state index is 6.03. The number of hydrogen-bond acceptors (Lipinski definition) is 2. The topological polar surface area (TPSA) is 37.9 Å². The quantitative estimate of drug-likeness (QED) is 0.655. The van der Waals surface area contributed by atoms with Gasteiger partial charge in [-0.3, -0.25) is 0 Å². The molecule has 0 aliphatic carbocycles. The van der Waals surface area contributed by atoms with Crippen LogP contribution in [0, 0.1) is 0 Å². The molecule has 2 rings (SSSR count). The van der Waals surface area contributed by atoms with Crippen molar-refractivity contribution in [1.29, 1.82) is 0 Å². The van der Waals surface area contributed by atoms with E-state index in [-0.39, 0.29) is 12.4 Å². The van der Waals surface area contributed by atoms with Gasteiger partial charge in [0.15, 0.2) is 5.75 Å². The maximum absolute atomic E-state index is 6.03. The second-order valence-electron chi connectivity index (χ2n) is 4.60. The summed E-state index contributed by atoms with van der Waals surface area (Å²) in [4.78, 5) is 7.31. The minimum atomic E-state index is 0. The van der Waals surface area contributed by atoms with E-state index in [0.29, 0.717) is 22.4 Å². The van der Waals surface area contributed by atoms with Crippen LogP contribution in [0.25, 0.3) is 0 Å². The smallest absolute Gasteiger partial charge is 0.156 e. The molecule has 1 heterocycles. The number of H-pyrrole nitrogens is 1. The number of nitrogens with zero attached hydrogens (tertiary/aromatic N) is 1. The number of imidazole rings is 1. The molecule has 2 aromatic rings. The van der Waals surface area contributed by atoms with Crippen molar-refractivity contribution in [3.63, 3.8) is 0 Å². The standard InChI is InChI=1S/C15H18Cl2N2O.ClH/c16-12-6-5-7-13(17)15(12)20-11-4-2-1-3-8-14-18-9-10-19-14;/h5-7,9-10H,1-4,8,11H2,(H,18,19);1H. The second-order valence-corrected chi connectivity index (χ2v) is 5.41. The van der Waals surface area contributed by atoms with Gasteiger partial charge in [-0.05, 0) is 25.0 Å². The Morgan fingerprint density at radius 2 is 1.76 bits per heavy atom. The molecule has 0 unspecified atom stereocenters. The van der Waals surface area contributed by atoms with Gasteiger partial charge in [-0.15, -0.1) is 12.4 Å². The summed E-state index contributed by atoms with van der Waals surface area (Å²) in [6.45, 7) is 0.643. The Morgan fingerprint density at radius 1 is 1.05 bits per heavy atom. The van der Waals surface area contributed by atoms with E-state index in [0.717, 1.165) is 31.5 Å². The fourth-order valence-electron chi connectivity index (χ4n) is 1.98. The normalized spacial score (nSPS) is 10.2. The van der Waals surface area contributed by atoms with Crippen LogP contribution in [0.3, 0.4) is 0 Å². The van der Waals surface area contributed by atoms with Crippen LogP contribution in [0.15, 0.2) is 30.6 Å². The lowest BCUT2D eigenvalue weighted by Crippen LogP contribution is -1.98. The van der Waals surface area contributed by atoms with E-state index in [4.69, 9.17) is 27.9 Å². The van der Waals surface area contributed by atoms with Crippen molar-refractivity contribution in [2.45, 2.75) is 32.1 Å². The molecule has 0 radical (unpaired) electrons. The van der Waals surface area contributed by atoms with Crippen LogP contribution in [0.5, 0.6) is 5.75 Å². The molecule has 6 heteroatoms. The summed E-state index contributed by atoms with van der Waals surface area (Å²) >= 11 is 12.1. The fourth-order valence-corrected chi connectivity index (χ4v) is 2.48. The zero-order valence-electron chi connectivity index (χ0n) is 11.6. The summed E-state index contributed by atoms with van der Waals surface area (Å²) in [5, 5.41) is 1.13. The highest BCUT2D eigenvalue weighted by Crippen LogP contribution is 2.32. The Kier molecular flexibility index (Phi) is 8.58. The van der Waals surface area contributed by atoms with Crippen molar-refractivity contribution in [2.75, 3.05) is 6.61 Å². The second kappa shape index (κ2) is 9.93. The first-order valence-electron chi connectivity index (χ1n) is 6.82. The number of aryl methyl sites for hydroxylation is 1. The van der Waals surface area contributed by atoms with Gasteiger partial charge >= 0.3 is 0 Å². The summed E-state index contributed by atoms with van der Waals surface area (Å²) in [5.74, 6) is 1.65. The average molecular weight is 350 g/mol. The van der Waals surface area contributed by atoms with Crippen molar-refractivity contribution in [3.05, 3.63) is 46.5 Å². The van der Waals surface area contributed by atoms with Gasteiger partial charge in [0, 0.05) is 18.8 Å². The Balaban J connectivity index is 0.00000220. The molecule has 0 atom stereocenters. The van der Waals surface area contributed by atoms with Crippen molar-refractivity contribution in [2.24, 2.45) is 0 Å². The first-order valence-corrected chi connectivity index (χ1v) is 7.58. The zero-order valence-corrected chi connectivity index (χ0v) is 14.0. The van der Waals surface area contributed by atoms with Crippen molar-refractivity contribution in [1.82, 2.24) is 9.97 Å². The summed E-state index contributed by atoms with van der Waals surface area (Å²) in [7, 11) is 0. The van der Waals surface area contributed by atoms with E-state index in [1.807, 2.05) is 12.3 Å². The predicted molar refractivity (Wildman–Crippen MR) is 90.0 cm³/mol. The summed E-state index contributed by atoms with van der Waals surface area (Å²) < 4.78 is 5.64. The summed E-state index contributed by atoms with van der Waals surface area (Å²) in [5.41, 5.74) is 0. The number of aromatic amines is 1. The van der Waals surface area contributed by atoms with E-state index in [9.17, 15) is 0 Å². The van der Waals surface area contributed by atoms with E-state index in [1.54, 1.807) is 18.3 Å². The number of ether oxygens (including phenoxy) is 1. The van der Waals surface area contributed by atoms with Crippen LogP contribution in [0.2, 0.25) is 10.0 Å². The molecule has 1 aromatic carbocycles. The molecule has 3 nitrogen and oxygen atoms in total. The average Bonchev–Trinajstić information content (AvgIpc) is 2.93. The van der Waals surface area contributed by atoms with Crippen molar-refractivity contribution < 1.29 is 4.74 Å². The van der Waals surface area contributed by atoms with Gasteiger partial charge in [0.2, 0.25) is 0 Å². The number of para-hydroxylation sites is 1. The summed E-state index contributed by atoms with van der Waals surface area (Å²) in [6.07, 6.45) is 9.08. The largest absolute Gasteiger partial charge is 0.490 e. The minimum absolute atomic E-state index is 0. The van der Waals surface area contributed by atoms with E-state index in [1.165, 1.54) is 6.42 Å². The van der Waals surface area contributed by atoms with E-state index in [2.05, 4.69) is 9.97 Å². The van der Waals surface area contributed by atoms with E-state index >= 15 is 0 Å². The minimum Gasteiger partial charge on any atom is -0.490 e. The molecule has 1 N–H and O–H groups in total. The molecule has 0 spiro atoms. The highest BCUT2D eigenvalue weighted by molar-refractivity contribution is 6.37. The lowest BCUT2D eigenvalue weighted by molar-refractivity contribution is 0.305. The fraction of sp³-hybridized carbons (Fsp3) is 0.400. The molecular formula is C15H19Cl3N2O. The number of nitrogens with one attached hydrogen (secondary N) is 1. The SMILES string of the molecule is Cl.Clc1cccc(Cl)c1OCCCCCCc1ncc[nH]1. The van der Waals surface area contributed by atoms with Gasteiger partial charge < -0.3 is 9.72 Å². The molecule has 0 bridgehead atoms. The van der Waals surface area contributed by atoms with Gasteiger partial charge in [-0.2, -0.15) is 0 Å². The Hall–Kier alpha value is -0.900. The Labute approximate surface area is 141 Å². The Bertz CT molecular complexity index is 497. The third-order valence-corrected chi connectivity index (χ3v) is 3.62. The molecule has 0 saturated carbocycles. The highest BCUT2D eigenvalue weighted by Gasteiger charge is 2.05. The predicted octanol–water partition coefficient (Wildman–Crippen LogP) is 5.32. The van der Waals surface area contributed by atoms with Crippen LogP contribution in [-0.4, -0.2) is 16.6 Å². The molecule has 0 fully saturated rings. The molecule has 0 saturated heterocycles. The number of hydrogen-bond donors (Lipinski definition) is 1. The van der Waals surface area contributed by atoms with E-state index < -0.39 is 0 Å². The lowest BCUT2D eigenvalue weighted by Gasteiger charge is -2.09. The van der Waals surface area contributed by atoms with Gasteiger partial charge in [0.25, 0.3) is 0 Å². The van der Waals surface area contributed by atoms with Crippen LogP contribution in [0.1, 0.15) is 31.5 Å². The van der Waals surface area contributed by atoms with Crippen LogP contribution in [-0.2, 0) is 6.42 Å². The van der Waals surface area contributed by atoms with Crippen LogP contribution in [0.4, 0.5) is 0 Å². The van der Waals surface area contributed by atoms with Gasteiger partial charge in [-0.25, -0.2) is 4.98 Å². The first kappa shape index (κ1) is 18.1. The number of benzene rings is 1. The molecule has 1 aromatic heterocycles. The van der Waals surface area contributed by atoms with Gasteiger partial charge in [0.1, 0.15) is 5.82 Å². The third kappa shape index (κ3) is 6.16. The van der Waals surface area contributed by atoms with Crippen molar-refractivity contribution >= 4 is 35.6 Å². The molecular weight excluding hydrogens is 331 g/mol. The molecule has 0 aliphatic rings. The van der Waals surface area contributed by atoms with Crippen LogP contribution >= 0.6 is 35.6 Å². The zero-order chi connectivity index (χ0) is 14.2. The monoisotopic (exact) mass is 348 g/mol. The number of aromatic nitrogens is 2. The molecule has 0 amide bonds. The number of unbranched alkanes of at least 4 members (excludes halogenated alkanes) is 3.